The molecule has 0 saturated heterocycles. The lowest BCUT2D eigenvalue weighted by Gasteiger charge is -2.07. The number of rotatable bonds is 2. The van der Waals surface area contributed by atoms with Crippen LogP contribution in [0.2, 0.25) is 0 Å². The van der Waals surface area contributed by atoms with Crippen molar-refractivity contribution in [3.63, 3.8) is 0 Å². The summed E-state index contributed by atoms with van der Waals surface area (Å²) < 4.78 is 1.40. The van der Waals surface area contributed by atoms with E-state index in [1.807, 2.05) is 11.3 Å². The fourth-order valence-electron chi connectivity index (χ4n) is 3.76. The molecule has 0 bridgehead atoms. The van der Waals surface area contributed by atoms with Gasteiger partial charge in [-0.3, -0.25) is 0 Å². The summed E-state index contributed by atoms with van der Waals surface area (Å²) in [7, 11) is 0. The van der Waals surface area contributed by atoms with Crippen LogP contribution in [-0.2, 0) is 6.42 Å². The fraction of sp³-hybridized carbons (Fsp3) is 0.120. The third-order valence-corrected chi connectivity index (χ3v) is 6.44. The van der Waals surface area contributed by atoms with Gasteiger partial charge in [0, 0.05) is 9.58 Å². The first-order valence-electron chi connectivity index (χ1n) is 9.17. The maximum atomic E-state index is 2.36. The summed E-state index contributed by atoms with van der Waals surface area (Å²) in [4.78, 5) is 1.54. The van der Waals surface area contributed by atoms with Crippen LogP contribution in [0.4, 0.5) is 0 Å². The predicted octanol–water partition coefficient (Wildman–Crippen LogP) is 7.50. The van der Waals surface area contributed by atoms with Crippen LogP contribution >= 0.6 is 11.3 Å². The Hall–Kier alpha value is -2.64. The van der Waals surface area contributed by atoms with Crippen LogP contribution in [0, 0.1) is 6.92 Å². The standard InChI is InChI=1S/C25H20S/c1-17-9-11-18(12-10-17)19-5-4-6-20(15-19)21-13-14-23-22-7-2-3-8-24(22)26-25(23)16-21/h2,4-7,9-16H,3,8H2,1H3. The summed E-state index contributed by atoms with van der Waals surface area (Å²) in [6.45, 7) is 2.13. The lowest BCUT2D eigenvalue weighted by Crippen LogP contribution is -1.87. The molecule has 0 amide bonds. The fourth-order valence-corrected chi connectivity index (χ4v) is 5.00. The Labute approximate surface area is 158 Å². The monoisotopic (exact) mass is 352 g/mol. The van der Waals surface area contributed by atoms with E-state index in [0.717, 1.165) is 0 Å². The van der Waals surface area contributed by atoms with Gasteiger partial charge in [0.25, 0.3) is 0 Å². The van der Waals surface area contributed by atoms with Crippen LogP contribution in [0.3, 0.4) is 0 Å². The Morgan fingerprint density at radius 1 is 0.769 bits per heavy atom. The molecule has 0 unspecified atom stereocenters. The highest BCUT2D eigenvalue weighted by molar-refractivity contribution is 7.19. The van der Waals surface area contributed by atoms with Gasteiger partial charge in [-0.05, 0) is 65.1 Å². The zero-order valence-electron chi connectivity index (χ0n) is 14.8. The van der Waals surface area contributed by atoms with E-state index in [4.69, 9.17) is 0 Å². The van der Waals surface area contributed by atoms with Crippen molar-refractivity contribution >= 4 is 27.5 Å². The molecular weight excluding hydrogens is 332 g/mol. The molecule has 3 aromatic carbocycles. The molecule has 0 aliphatic heterocycles. The highest BCUT2D eigenvalue weighted by atomic mass is 32.1. The van der Waals surface area contributed by atoms with Gasteiger partial charge in [0.1, 0.15) is 0 Å². The molecule has 26 heavy (non-hydrogen) atoms. The van der Waals surface area contributed by atoms with Crippen molar-refractivity contribution in [2.75, 3.05) is 0 Å². The average molecular weight is 353 g/mol. The van der Waals surface area contributed by atoms with Crippen LogP contribution in [0.5, 0.6) is 0 Å². The Kier molecular flexibility index (Phi) is 3.76. The van der Waals surface area contributed by atoms with E-state index in [2.05, 4.69) is 85.8 Å². The molecule has 0 radical (unpaired) electrons. The van der Waals surface area contributed by atoms with Crippen molar-refractivity contribution in [2.45, 2.75) is 19.8 Å². The van der Waals surface area contributed by atoms with Crippen molar-refractivity contribution in [1.29, 1.82) is 0 Å². The van der Waals surface area contributed by atoms with Crippen LogP contribution in [-0.4, -0.2) is 0 Å². The van der Waals surface area contributed by atoms with Gasteiger partial charge in [-0.2, -0.15) is 0 Å². The molecular formula is C25H20S. The zero-order chi connectivity index (χ0) is 17.5. The van der Waals surface area contributed by atoms with Crippen LogP contribution < -0.4 is 0 Å². The molecule has 1 aliphatic rings. The minimum absolute atomic E-state index is 1.17. The lowest BCUT2D eigenvalue weighted by molar-refractivity contribution is 1.02. The SMILES string of the molecule is Cc1ccc(-c2cccc(-c3ccc4c5c(sc4c3)CCC=C5)c2)cc1. The first kappa shape index (κ1) is 15.6. The number of hydrogen-bond donors (Lipinski definition) is 0. The first-order valence-corrected chi connectivity index (χ1v) is 9.99. The normalized spacial score (nSPS) is 13.1. The van der Waals surface area contributed by atoms with Crippen molar-refractivity contribution < 1.29 is 0 Å². The number of fused-ring (bicyclic) bond motifs is 3. The predicted molar refractivity (Wildman–Crippen MR) is 115 cm³/mol. The quantitative estimate of drug-likeness (QED) is 0.350. The van der Waals surface area contributed by atoms with E-state index in [-0.39, 0.29) is 0 Å². The minimum Gasteiger partial charge on any atom is -0.140 e. The Morgan fingerprint density at radius 2 is 1.50 bits per heavy atom. The van der Waals surface area contributed by atoms with E-state index >= 15 is 0 Å². The molecule has 1 heterocycles. The maximum absolute atomic E-state index is 2.36. The second-order valence-corrected chi connectivity index (χ2v) is 8.17. The number of allylic oxidation sites excluding steroid dienone is 1. The lowest BCUT2D eigenvalue weighted by atomic mass is 9.97. The minimum atomic E-state index is 1.17. The van der Waals surface area contributed by atoms with Gasteiger partial charge in [0.15, 0.2) is 0 Å². The van der Waals surface area contributed by atoms with Crippen molar-refractivity contribution in [2.24, 2.45) is 0 Å². The van der Waals surface area contributed by atoms with Crippen molar-refractivity contribution in [3.8, 4) is 22.3 Å². The third-order valence-electron chi connectivity index (χ3n) is 5.21. The molecule has 0 fully saturated rings. The summed E-state index contributed by atoms with van der Waals surface area (Å²) in [5, 5.41) is 1.40. The third kappa shape index (κ3) is 2.69. The van der Waals surface area contributed by atoms with Gasteiger partial charge in [0.05, 0.1) is 0 Å². The summed E-state index contributed by atoms with van der Waals surface area (Å²) in [5.41, 5.74) is 7.87. The Balaban J connectivity index is 1.58. The van der Waals surface area contributed by atoms with E-state index in [0.29, 0.717) is 0 Å². The summed E-state index contributed by atoms with van der Waals surface area (Å²) in [6, 6.07) is 24.6. The Morgan fingerprint density at radius 3 is 2.35 bits per heavy atom. The Bertz CT molecular complexity index is 1130. The highest BCUT2D eigenvalue weighted by Gasteiger charge is 2.13. The van der Waals surface area contributed by atoms with E-state index < -0.39 is 0 Å². The maximum Gasteiger partial charge on any atom is 0.0358 e. The smallest absolute Gasteiger partial charge is 0.0358 e. The van der Waals surface area contributed by atoms with Gasteiger partial charge in [-0.1, -0.05) is 72.3 Å². The van der Waals surface area contributed by atoms with Crippen LogP contribution in [0.15, 0.2) is 72.8 Å². The molecule has 1 aromatic heterocycles. The topological polar surface area (TPSA) is 0 Å². The molecule has 0 atom stereocenters. The van der Waals surface area contributed by atoms with Gasteiger partial charge >= 0.3 is 0 Å². The molecule has 1 aliphatic carbocycles. The highest BCUT2D eigenvalue weighted by Crippen LogP contribution is 2.38. The molecule has 1 heteroatoms. The largest absolute Gasteiger partial charge is 0.140 e. The number of aryl methyl sites for hydroxylation is 2. The van der Waals surface area contributed by atoms with Crippen molar-refractivity contribution in [1.82, 2.24) is 0 Å². The molecule has 126 valence electrons. The van der Waals surface area contributed by atoms with E-state index in [1.54, 1.807) is 0 Å². The van der Waals surface area contributed by atoms with E-state index in [9.17, 15) is 0 Å². The summed E-state index contributed by atoms with van der Waals surface area (Å²) in [5.74, 6) is 0. The molecule has 4 aromatic rings. The summed E-state index contributed by atoms with van der Waals surface area (Å²) >= 11 is 1.96. The number of hydrogen-bond acceptors (Lipinski definition) is 1. The van der Waals surface area contributed by atoms with E-state index in [1.165, 1.54) is 61.2 Å². The number of thiophene rings is 1. The average Bonchev–Trinajstić information content (AvgIpc) is 3.06. The summed E-state index contributed by atoms with van der Waals surface area (Å²) in [6.07, 6.45) is 6.96. The number of benzene rings is 3. The zero-order valence-corrected chi connectivity index (χ0v) is 15.6. The molecule has 0 N–H and O–H groups in total. The molecule has 0 saturated carbocycles. The van der Waals surface area contributed by atoms with Crippen LogP contribution in [0.25, 0.3) is 38.4 Å². The second-order valence-electron chi connectivity index (χ2n) is 7.04. The van der Waals surface area contributed by atoms with Gasteiger partial charge in [-0.25, -0.2) is 0 Å². The van der Waals surface area contributed by atoms with Crippen LogP contribution in [0.1, 0.15) is 22.4 Å². The first-order chi connectivity index (χ1) is 12.8. The van der Waals surface area contributed by atoms with Crippen molar-refractivity contribution in [3.05, 3.63) is 88.8 Å². The van der Waals surface area contributed by atoms with Gasteiger partial charge < -0.3 is 0 Å². The second kappa shape index (κ2) is 6.26. The van der Waals surface area contributed by atoms with Gasteiger partial charge in [0.2, 0.25) is 0 Å². The van der Waals surface area contributed by atoms with Gasteiger partial charge in [-0.15, -0.1) is 11.3 Å². The molecule has 0 spiro atoms. The molecule has 0 nitrogen and oxygen atoms in total. The molecule has 5 rings (SSSR count).